The smallest absolute Gasteiger partial charge is 0.322 e. The molecular formula is C17H23N3O3S. The first-order valence-electron chi connectivity index (χ1n) is 8.28. The lowest BCUT2D eigenvalue weighted by Crippen LogP contribution is -2.46. The third kappa shape index (κ3) is 4.21. The second-order valence-electron chi connectivity index (χ2n) is 6.04. The predicted octanol–water partition coefficient (Wildman–Crippen LogP) is 2.13. The summed E-state index contributed by atoms with van der Waals surface area (Å²) in [4.78, 5) is 28.5. The molecule has 0 bridgehead atoms. The number of morpholine rings is 1. The van der Waals surface area contributed by atoms with Gasteiger partial charge in [0.1, 0.15) is 0 Å². The largest absolute Gasteiger partial charge is 0.375 e. The van der Waals surface area contributed by atoms with Crippen LogP contribution in [-0.4, -0.2) is 72.1 Å². The standard InChI is InChI=1S/C17H23N3O3S/c1-13-12-20(5-8-23-13)17(22)18-15-4-2-3-14(11-15)16(21)19-6-9-24-10-7-19/h2-4,11,13H,5-10,12H2,1H3,(H,18,22)/t13-/m1/s1. The minimum Gasteiger partial charge on any atom is -0.375 e. The summed E-state index contributed by atoms with van der Waals surface area (Å²) in [6.45, 7) is 5.24. The number of nitrogens with zero attached hydrogens (tertiary/aromatic N) is 2. The van der Waals surface area contributed by atoms with Crippen molar-refractivity contribution < 1.29 is 14.3 Å². The fourth-order valence-electron chi connectivity index (χ4n) is 2.88. The van der Waals surface area contributed by atoms with Gasteiger partial charge in [0, 0.05) is 48.9 Å². The Labute approximate surface area is 146 Å². The van der Waals surface area contributed by atoms with Gasteiger partial charge in [-0.05, 0) is 25.1 Å². The molecule has 3 rings (SSSR count). The van der Waals surface area contributed by atoms with Crippen LogP contribution < -0.4 is 5.32 Å². The van der Waals surface area contributed by atoms with Gasteiger partial charge in [-0.25, -0.2) is 4.79 Å². The average molecular weight is 349 g/mol. The number of ether oxygens (including phenoxy) is 1. The number of nitrogens with one attached hydrogen (secondary N) is 1. The van der Waals surface area contributed by atoms with E-state index in [0.717, 1.165) is 24.6 Å². The van der Waals surface area contributed by atoms with E-state index in [1.807, 2.05) is 35.7 Å². The minimum absolute atomic E-state index is 0.0337. The van der Waals surface area contributed by atoms with Crippen molar-refractivity contribution in [3.8, 4) is 0 Å². The van der Waals surface area contributed by atoms with Crippen LogP contribution in [0.1, 0.15) is 17.3 Å². The van der Waals surface area contributed by atoms with E-state index < -0.39 is 0 Å². The van der Waals surface area contributed by atoms with E-state index in [1.165, 1.54) is 0 Å². The van der Waals surface area contributed by atoms with Crippen molar-refractivity contribution in [1.29, 1.82) is 0 Å². The second-order valence-corrected chi connectivity index (χ2v) is 7.27. The lowest BCUT2D eigenvalue weighted by atomic mass is 10.1. The van der Waals surface area contributed by atoms with E-state index in [0.29, 0.717) is 30.9 Å². The number of anilines is 1. The number of carbonyl (C=O) groups is 2. The molecule has 2 aliphatic rings. The van der Waals surface area contributed by atoms with Crippen molar-refractivity contribution in [1.82, 2.24) is 9.80 Å². The van der Waals surface area contributed by atoms with Crippen LogP contribution >= 0.6 is 11.8 Å². The maximum absolute atomic E-state index is 12.6. The zero-order chi connectivity index (χ0) is 16.9. The van der Waals surface area contributed by atoms with Gasteiger partial charge < -0.3 is 19.9 Å². The lowest BCUT2D eigenvalue weighted by Gasteiger charge is -2.31. The zero-order valence-electron chi connectivity index (χ0n) is 13.9. The van der Waals surface area contributed by atoms with Crippen LogP contribution in [0.5, 0.6) is 0 Å². The minimum atomic E-state index is -0.149. The molecule has 1 atom stereocenters. The fourth-order valence-corrected chi connectivity index (χ4v) is 3.79. The van der Waals surface area contributed by atoms with Gasteiger partial charge in [0.2, 0.25) is 0 Å². The number of hydrogen-bond donors (Lipinski definition) is 1. The summed E-state index contributed by atoms with van der Waals surface area (Å²) < 4.78 is 5.45. The zero-order valence-corrected chi connectivity index (χ0v) is 14.7. The van der Waals surface area contributed by atoms with Crippen molar-refractivity contribution in [2.45, 2.75) is 13.0 Å². The van der Waals surface area contributed by atoms with E-state index in [1.54, 1.807) is 17.0 Å². The predicted molar refractivity (Wildman–Crippen MR) is 95.7 cm³/mol. The molecule has 0 aromatic heterocycles. The van der Waals surface area contributed by atoms with Gasteiger partial charge in [-0.1, -0.05) is 6.07 Å². The molecule has 0 saturated carbocycles. The molecule has 1 aromatic rings. The van der Waals surface area contributed by atoms with Gasteiger partial charge in [-0.2, -0.15) is 11.8 Å². The third-order valence-corrected chi connectivity index (χ3v) is 5.13. The maximum Gasteiger partial charge on any atom is 0.322 e. The molecule has 7 heteroatoms. The summed E-state index contributed by atoms with van der Waals surface area (Å²) in [5.74, 6) is 2.00. The summed E-state index contributed by atoms with van der Waals surface area (Å²) in [6, 6.07) is 7.03. The van der Waals surface area contributed by atoms with E-state index in [4.69, 9.17) is 4.74 Å². The molecule has 6 nitrogen and oxygen atoms in total. The number of urea groups is 1. The van der Waals surface area contributed by atoms with E-state index in [2.05, 4.69) is 5.32 Å². The first-order valence-corrected chi connectivity index (χ1v) is 9.43. The number of thioether (sulfide) groups is 1. The first kappa shape index (κ1) is 17.1. The number of rotatable bonds is 2. The Balaban J connectivity index is 1.64. The molecule has 0 radical (unpaired) electrons. The first-order chi connectivity index (χ1) is 11.6. The van der Waals surface area contributed by atoms with Gasteiger partial charge in [0.25, 0.3) is 5.91 Å². The molecule has 2 fully saturated rings. The van der Waals surface area contributed by atoms with Crippen LogP contribution in [0.15, 0.2) is 24.3 Å². The summed E-state index contributed by atoms with van der Waals surface area (Å²) in [6.07, 6.45) is 0.0504. The van der Waals surface area contributed by atoms with Gasteiger partial charge in [0.05, 0.1) is 12.7 Å². The SMILES string of the molecule is C[C@@H]1CN(C(=O)Nc2cccc(C(=O)N3CCSCC3)c2)CCO1. The Kier molecular flexibility index (Phi) is 5.63. The van der Waals surface area contributed by atoms with Crippen molar-refractivity contribution >= 4 is 29.4 Å². The average Bonchev–Trinajstić information content (AvgIpc) is 2.62. The number of benzene rings is 1. The monoisotopic (exact) mass is 349 g/mol. The Hall–Kier alpha value is -1.73. The Morgan fingerprint density at radius 1 is 1.21 bits per heavy atom. The number of hydrogen-bond acceptors (Lipinski definition) is 4. The second kappa shape index (κ2) is 7.90. The summed E-state index contributed by atoms with van der Waals surface area (Å²) in [5.41, 5.74) is 1.27. The topological polar surface area (TPSA) is 61.9 Å². The third-order valence-electron chi connectivity index (χ3n) is 4.19. The molecule has 0 spiro atoms. The summed E-state index contributed by atoms with van der Waals surface area (Å²) >= 11 is 1.87. The molecule has 2 aliphatic heterocycles. The molecule has 3 amide bonds. The van der Waals surface area contributed by atoms with Crippen molar-refractivity contribution in [3.63, 3.8) is 0 Å². The molecule has 1 N–H and O–H groups in total. The molecule has 0 unspecified atom stereocenters. The number of carbonyl (C=O) groups excluding carboxylic acids is 2. The maximum atomic E-state index is 12.6. The van der Waals surface area contributed by atoms with E-state index >= 15 is 0 Å². The lowest BCUT2D eigenvalue weighted by molar-refractivity contribution is -0.00138. The fraction of sp³-hybridized carbons (Fsp3) is 0.529. The molecule has 24 heavy (non-hydrogen) atoms. The van der Waals surface area contributed by atoms with Crippen molar-refractivity contribution in [2.24, 2.45) is 0 Å². The normalized spacial score (nSPS) is 21.5. The highest BCUT2D eigenvalue weighted by Gasteiger charge is 2.22. The summed E-state index contributed by atoms with van der Waals surface area (Å²) in [5, 5.41) is 2.89. The molecule has 1 aromatic carbocycles. The van der Waals surface area contributed by atoms with E-state index in [-0.39, 0.29) is 18.0 Å². The quantitative estimate of drug-likeness (QED) is 0.888. The van der Waals surface area contributed by atoms with Crippen LogP contribution in [0.2, 0.25) is 0 Å². The highest BCUT2D eigenvalue weighted by molar-refractivity contribution is 7.99. The van der Waals surface area contributed by atoms with Crippen LogP contribution in [0.3, 0.4) is 0 Å². The van der Waals surface area contributed by atoms with Crippen LogP contribution in [0.4, 0.5) is 10.5 Å². The summed E-state index contributed by atoms with van der Waals surface area (Å²) in [7, 11) is 0. The molecule has 130 valence electrons. The van der Waals surface area contributed by atoms with Crippen LogP contribution in [0.25, 0.3) is 0 Å². The van der Waals surface area contributed by atoms with Gasteiger partial charge >= 0.3 is 6.03 Å². The van der Waals surface area contributed by atoms with Crippen molar-refractivity contribution in [2.75, 3.05) is 49.6 Å². The van der Waals surface area contributed by atoms with Crippen LogP contribution in [-0.2, 0) is 4.74 Å². The highest BCUT2D eigenvalue weighted by atomic mass is 32.2. The highest BCUT2D eigenvalue weighted by Crippen LogP contribution is 2.17. The molecule has 0 aliphatic carbocycles. The van der Waals surface area contributed by atoms with Gasteiger partial charge in [-0.3, -0.25) is 4.79 Å². The molecule has 2 heterocycles. The molecular weight excluding hydrogens is 326 g/mol. The number of amides is 3. The van der Waals surface area contributed by atoms with Crippen LogP contribution in [0, 0.1) is 0 Å². The van der Waals surface area contributed by atoms with Crippen molar-refractivity contribution in [3.05, 3.63) is 29.8 Å². The van der Waals surface area contributed by atoms with Gasteiger partial charge in [0.15, 0.2) is 0 Å². The Morgan fingerprint density at radius 2 is 2.00 bits per heavy atom. The van der Waals surface area contributed by atoms with Gasteiger partial charge in [-0.15, -0.1) is 0 Å². The Bertz CT molecular complexity index is 604. The Morgan fingerprint density at radius 3 is 2.75 bits per heavy atom. The molecule has 2 saturated heterocycles. The van der Waals surface area contributed by atoms with E-state index in [9.17, 15) is 9.59 Å².